The Balaban J connectivity index is 0.000000561. The number of aryl methyl sites for hydroxylation is 2. The maximum absolute atomic E-state index is 11.6. The maximum Gasteiger partial charge on any atom is 0.347 e. The molecule has 0 aliphatic carbocycles. The van der Waals surface area contributed by atoms with Crippen LogP contribution in [-0.2, 0) is 0 Å². The van der Waals surface area contributed by atoms with Gasteiger partial charge in [0.1, 0.15) is 0 Å². The third-order valence-corrected chi connectivity index (χ3v) is 3.19. The summed E-state index contributed by atoms with van der Waals surface area (Å²) >= 11 is 0. The van der Waals surface area contributed by atoms with Gasteiger partial charge in [-0.05, 0) is 25.0 Å². The Hall–Kier alpha value is -2.50. The highest BCUT2D eigenvalue weighted by Crippen LogP contribution is 2.24. The van der Waals surface area contributed by atoms with Gasteiger partial charge in [-0.1, -0.05) is 27.7 Å². The number of benzene rings is 1. The van der Waals surface area contributed by atoms with Crippen molar-refractivity contribution in [3.8, 4) is 0 Å². The fourth-order valence-corrected chi connectivity index (χ4v) is 2.39. The van der Waals surface area contributed by atoms with Crippen LogP contribution < -0.4 is 22.5 Å². The molecule has 0 saturated carbocycles. The van der Waals surface area contributed by atoms with Gasteiger partial charge in [-0.15, -0.1) is 0 Å². The molecule has 0 saturated heterocycles. The fourth-order valence-electron chi connectivity index (χ4n) is 2.39. The molecule has 0 fully saturated rings. The van der Waals surface area contributed by atoms with Crippen LogP contribution in [0.1, 0.15) is 38.8 Å². The van der Waals surface area contributed by atoms with E-state index in [2.05, 4.69) is 8.83 Å². The van der Waals surface area contributed by atoms with Crippen LogP contribution in [0.4, 0.5) is 0 Å². The van der Waals surface area contributed by atoms with Crippen LogP contribution in [0.2, 0.25) is 0 Å². The molecular weight excluding hydrogens is 288 g/mol. The van der Waals surface area contributed by atoms with Crippen molar-refractivity contribution in [3.05, 3.63) is 52.8 Å². The van der Waals surface area contributed by atoms with E-state index in [1.807, 2.05) is 27.7 Å². The zero-order chi connectivity index (χ0) is 17.2. The van der Waals surface area contributed by atoms with Crippen LogP contribution >= 0.6 is 0 Å². The number of rotatable bonds is 0. The Morgan fingerprint density at radius 3 is 0.864 bits per heavy atom. The molecule has 3 aromatic rings. The summed E-state index contributed by atoms with van der Waals surface area (Å²) in [5.74, 6) is 0. The molecule has 0 atom stereocenters. The highest BCUT2D eigenvalue weighted by atomic mass is 16.4. The van der Waals surface area contributed by atoms with Crippen molar-refractivity contribution >= 4 is 21.5 Å². The van der Waals surface area contributed by atoms with E-state index in [-0.39, 0.29) is 32.7 Å². The van der Waals surface area contributed by atoms with Gasteiger partial charge < -0.3 is 8.83 Å². The summed E-state index contributed by atoms with van der Waals surface area (Å²) in [6, 6.07) is 0. The topological polar surface area (TPSA) is 94.6 Å². The minimum Gasteiger partial charge on any atom is -0.386 e. The number of hydrogen-bond donors (Lipinski definition) is 0. The Morgan fingerprint density at radius 2 is 0.682 bits per heavy atom. The molecule has 1 aromatic carbocycles. The molecule has 6 heteroatoms. The molecule has 0 aliphatic heterocycles. The molecule has 118 valence electrons. The van der Waals surface area contributed by atoms with Crippen LogP contribution in [0.15, 0.2) is 28.0 Å². The minimum atomic E-state index is -0.800. The van der Waals surface area contributed by atoms with Crippen molar-refractivity contribution in [2.75, 3.05) is 0 Å². The lowest BCUT2D eigenvalue weighted by molar-refractivity contribution is 0.498. The Labute approximate surface area is 125 Å². The predicted octanol–water partition coefficient (Wildman–Crippen LogP) is 2.16. The van der Waals surface area contributed by atoms with Gasteiger partial charge in [0.05, 0.1) is 21.5 Å². The van der Waals surface area contributed by atoms with E-state index >= 15 is 0 Å². The quantitative estimate of drug-likeness (QED) is 0.631. The molecule has 6 nitrogen and oxygen atoms in total. The monoisotopic (exact) mass is 306 g/mol. The summed E-state index contributed by atoms with van der Waals surface area (Å²) in [5.41, 5.74) is -2.71. The molecular formula is C16H18O6. The molecule has 0 N–H and O–H groups in total. The second-order valence-corrected chi connectivity index (χ2v) is 4.10. The summed E-state index contributed by atoms with van der Waals surface area (Å²) in [7, 11) is 0. The normalized spacial score (nSPS) is 10.1. The number of hydrogen-bond acceptors (Lipinski definition) is 6. The maximum atomic E-state index is 11.6. The lowest BCUT2D eigenvalue weighted by atomic mass is 9.98. The van der Waals surface area contributed by atoms with Crippen LogP contribution in [0, 0.1) is 13.8 Å². The highest BCUT2D eigenvalue weighted by Gasteiger charge is 2.23. The van der Waals surface area contributed by atoms with Crippen molar-refractivity contribution in [1.29, 1.82) is 0 Å². The molecule has 2 aromatic heterocycles. The molecule has 0 amide bonds. The van der Waals surface area contributed by atoms with Gasteiger partial charge in [-0.2, -0.15) is 0 Å². The van der Waals surface area contributed by atoms with Crippen molar-refractivity contribution in [3.63, 3.8) is 0 Å². The van der Waals surface area contributed by atoms with Gasteiger partial charge in [0.25, 0.3) is 0 Å². The minimum absolute atomic E-state index is 0.0444. The highest BCUT2D eigenvalue weighted by molar-refractivity contribution is 6.04. The zero-order valence-electron chi connectivity index (χ0n) is 13.4. The summed E-state index contributed by atoms with van der Waals surface area (Å²) in [6.45, 7) is 11.0. The van der Waals surface area contributed by atoms with Crippen molar-refractivity contribution in [2.24, 2.45) is 0 Å². The van der Waals surface area contributed by atoms with Crippen molar-refractivity contribution in [2.45, 2.75) is 41.5 Å². The first kappa shape index (κ1) is 17.6. The molecule has 0 bridgehead atoms. The van der Waals surface area contributed by atoms with Crippen molar-refractivity contribution < 1.29 is 8.83 Å². The predicted molar refractivity (Wildman–Crippen MR) is 85.6 cm³/mol. The zero-order valence-corrected chi connectivity index (χ0v) is 13.4. The van der Waals surface area contributed by atoms with Crippen LogP contribution in [0.3, 0.4) is 0 Å². The smallest absolute Gasteiger partial charge is 0.347 e. The third-order valence-electron chi connectivity index (χ3n) is 3.19. The van der Waals surface area contributed by atoms with Crippen LogP contribution in [0.25, 0.3) is 21.5 Å². The van der Waals surface area contributed by atoms with E-state index in [4.69, 9.17) is 0 Å². The Kier molecular flexibility index (Phi) is 5.19. The molecule has 2 heterocycles. The van der Waals surface area contributed by atoms with Gasteiger partial charge >= 0.3 is 22.5 Å². The number of furan rings is 2. The lowest BCUT2D eigenvalue weighted by Gasteiger charge is -1.98. The van der Waals surface area contributed by atoms with E-state index in [0.29, 0.717) is 0 Å². The largest absolute Gasteiger partial charge is 0.386 e. The van der Waals surface area contributed by atoms with E-state index in [1.54, 1.807) is 0 Å². The van der Waals surface area contributed by atoms with Gasteiger partial charge in [0.2, 0.25) is 0 Å². The average Bonchev–Trinajstić information content (AvgIpc) is 2.97. The second-order valence-electron chi connectivity index (χ2n) is 4.10. The molecule has 3 rings (SSSR count). The molecule has 0 spiro atoms. The van der Waals surface area contributed by atoms with Gasteiger partial charge in [-0.25, -0.2) is 19.2 Å². The number of fused-ring (bicyclic) bond motifs is 2. The lowest BCUT2D eigenvalue weighted by Crippen LogP contribution is -2.01. The van der Waals surface area contributed by atoms with E-state index in [0.717, 1.165) is 0 Å². The van der Waals surface area contributed by atoms with Gasteiger partial charge in [0.15, 0.2) is 0 Å². The summed E-state index contributed by atoms with van der Waals surface area (Å²) < 4.78 is 9.00. The van der Waals surface area contributed by atoms with E-state index in [9.17, 15) is 19.2 Å². The van der Waals surface area contributed by atoms with Crippen LogP contribution in [-0.4, -0.2) is 0 Å². The summed E-state index contributed by atoms with van der Waals surface area (Å²) in [6.07, 6.45) is 0. The van der Waals surface area contributed by atoms with E-state index < -0.39 is 22.5 Å². The first-order valence-corrected chi connectivity index (χ1v) is 7.13. The first-order valence-electron chi connectivity index (χ1n) is 7.13. The van der Waals surface area contributed by atoms with Gasteiger partial charge in [-0.3, -0.25) is 0 Å². The first-order chi connectivity index (χ1) is 10.4. The Bertz CT molecular complexity index is 851. The summed E-state index contributed by atoms with van der Waals surface area (Å²) in [4.78, 5) is 46.2. The second kappa shape index (κ2) is 6.51. The average molecular weight is 306 g/mol. The molecule has 22 heavy (non-hydrogen) atoms. The molecule has 0 unspecified atom stereocenters. The molecule has 0 radical (unpaired) electrons. The standard InChI is InChI=1S/C12H6O6.2C2H6/c1-3-5-7(11(15)17-9(5)13)4(2)8-6(3)10(14)18-12(8)16;2*1-2/h1-2H3;2*1-2H3. The summed E-state index contributed by atoms with van der Waals surface area (Å²) in [5, 5.41) is 0.177. The SMILES string of the molecule is CC.CC.Cc1c2c(=O)oc(=O)c2c(C)c2c(=O)oc(=O)c12. The van der Waals surface area contributed by atoms with Gasteiger partial charge in [0, 0.05) is 0 Å². The molecule has 0 aliphatic rings. The Morgan fingerprint density at radius 1 is 0.500 bits per heavy atom. The third kappa shape index (κ3) is 2.30. The van der Waals surface area contributed by atoms with Crippen molar-refractivity contribution in [1.82, 2.24) is 0 Å². The van der Waals surface area contributed by atoms with Crippen LogP contribution in [0.5, 0.6) is 0 Å². The fraction of sp³-hybridized carbons (Fsp3) is 0.375. The van der Waals surface area contributed by atoms with E-state index in [1.165, 1.54) is 13.8 Å².